The molecule has 0 aliphatic rings. The van der Waals surface area contributed by atoms with Crippen LogP contribution in [-0.4, -0.2) is 27.7 Å². The molecule has 1 aromatic carbocycles. The summed E-state index contributed by atoms with van der Waals surface area (Å²) in [6, 6.07) is 6.89. The molecule has 2 rings (SSSR count). The summed E-state index contributed by atoms with van der Waals surface area (Å²) in [6.45, 7) is 1.76. The first-order chi connectivity index (χ1) is 8.61. The number of benzene rings is 1. The number of amides is 1. The lowest BCUT2D eigenvalue weighted by molar-refractivity contribution is -0.123. The molecule has 0 fully saturated rings. The minimum absolute atomic E-state index is 0.108. The van der Waals surface area contributed by atoms with E-state index in [-0.39, 0.29) is 11.9 Å². The zero-order valence-electron chi connectivity index (χ0n) is 10.3. The Morgan fingerprint density at radius 3 is 2.67 bits per heavy atom. The molecule has 0 spiro atoms. The van der Waals surface area contributed by atoms with Gasteiger partial charge >= 0.3 is 0 Å². The van der Waals surface area contributed by atoms with Crippen LogP contribution in [0.4, 0.5) is 5.69 Å². The van der Waals surface area contributed by atoms with E-state index in [1.54, 1.807) is 32.4 Å². The third kappa shape index (κ3) is 2.32. The molecule has 3 N–H and O–H groups in total. The second kappa shape index (κ2) is 4.87. The van der Waals surface area contributed by atoms with E-state index in [0.29, 0.717) is 11.5 Å². The molecule has 0 saturated heterocycles. The van der Waals surface area contributed by atoms with Gasteiger partial charge in [0, 0.05) is 18.3 Å². The summed E-state index contributed by atoms with van der Waals surface area (Å²) >= 11 is 0. The standard InChI is InChI=1S/C12H15N5O/c1-8(12(18)14-2)17-7-15-11(16-17)9-3-5-10(13)6-4-9/h3-8H,13H2,1-2H3,(H,14,18). The van der Waals surface area contributed by atoms with Crippen LogP contribution in [0.15, 0.2) is 30.6 Å². The van der Waals surface area contributed by atoms with Crippen molar-refractivity contribution in [2.45, 2.75) is 13.0 Å². The van der Waals surface area contributed by atoms with Gasteiger partial charge in [-0.25, -0.2) is 9.67 Å². The Bertz CT molecular complexity index is 546. The number of anilines is 1. The summed E-state index contributed by atoms with van der Waals surface area (Å²) in [5.74, 6) is 0.467. The third-order valence-corrected chi connectivity index (χ3v) is 2.70. The van der Waals surface area contributed by atoms with Gasteiger partial charge in [0.15, 0.2) is 5.82 Å². The lowest BCUT2D eigenvalue weighted by Crippen LogP contribution is -2.28. The van der Waals surface area contributed by atoms with Crippen LogP contribution in [0.3, 0.4) is 0 Å². The maximum absolute atomic E-state index is 11.5. The first kappa shape index (κ1) is 12.1. The fourth-order valence-electron chi connectivity index (χ4n) is 1.55. The molecule has 18 heavy (non-hydrogen) atoms. The Morgan fingerprint density at radius 2 is 2.06 bits per heavy atom. The summed E-state index contributed by atoms with van der Waals surface area (Å²) in [7, 11) is 1.59. The van der Waals surface area contributed by atoms with E-state index in [2.05, 4.69) is 15.4 Å². The molecule has 2 aromatic rings. The molecule has 0 aliphatic carbocycles. The average molecular weight is 245 g/mol. The zero-order valence-corrected chi connectivity index (χ0v) is 10.3. The summed E-state index contributed by atoms with van der Waals surface area (Å²) in [5.41, 5.74) is 7.18. The van der Waals surface area contributed by atoms with Crippen molar-refractivity contribution >= 4 is 11.6 Å². The molecule has 1 heterocycles. The molecule has 1 aromatic heterocycles. The topological polar surface area (TPSA) is 85.8 Å². The summed E-state index contributed by atoms with van der Waals surface area (Å²) in [4.78, 5) is 15.7. The van der Waals surface area contributed by atoms with Gasteiger partial charge in [0.1, 0.15) is 12.4 Å². The highest BCUT2D eigenvalue weighted by Gasteiger charge is 2.15. The molecule has 0 bridgehead atoms. The van der Waals surface area contributed by atoms with Crippen LogP contribution in [0.2, 0.25) is 0 Å². The van der Waals surface area contributed by atoms with E-state index in [0.717, 1.165) is 5.56 Å². The van der Waals surface area contributed by atoms with E-state index in [1.165, 1.54) is 4.68 Å². The number of hydrogen-bond acceptors (Lipinski definition) is 4. The average Bonchev–Trinajstić information content (AvgIpc) is 2.87. The molecule has 1 atom stereocenters. The fourth-order valence-corrected chi connectivity index (χ4v) is 1.55. The monoisotopic (exact) mass is 245 g/mol. The van der Waals surface area contributed by atoms with Crippen LogP contribution in [0.25, 0.3) is 11.4 Å². The fraction of sp³-hybridized carbons (Fsp3) is 0.250. The molecule has 6 heteroatoms. The Balaban J connectivity index is 2.25. The first-order valence-electron chi connectivity index (χ1n) is 5.60. The van der Waals surface area contributed by atoms with Gasteiger partial charge in [0.25, 0.3) is 0 Å². The zero-order chi connectivity index (χ0) is 13.1. The van der Waals surface area contributed by atoms with Gasteiger partial charge in [-0.1, -0.05) is 0 Å². The van der Waals surface area contributed by atoms with Gasteiger partial charge in [-0.2, -0.15) is 5.10 Å². The molecule has 6 nitrogen and oxygen atoms in total. The number of aromatic nitrogens is 3. The van der Waals surface area contributed by atoms with Gasteiger partial charge < -0.3 is 11.1 Å². The molecule has 1 amide bonds. The van der Waals surface area contributed by atoms with Gasteiger partial charge in [-0.15, -0.1) is 0 Å². The minimum Gasteiger partial charge on any atom is -0.399 e. The number of nitrogen functional groups attached to an aromatic ring is 1. The van der Waals surface area contributed by atoms with Crippen LogP contribution in [0, 0.1) is 0 Å². The SMILES string of the molecule is CNC(=O)C(C)n1cnc(-c2ccc(N)cc2)n1. The summed E-state index contributed by atoms with van der Waals surface area (Å²) < 4.78 is 1.53. The van der Waals surface area contributed by atoms with Crippen molar-refractivity contribution in [3.8, 4) is 11.4 Å². The van der Waals surface area contributed by atoms with Crippen LogP contribution < -0.4 is 11.1 Å². The normalized spacial score (nSPS) is 12.1. The molecule has 0 radical (unpaired) electrons. The van der Waals surface area contributed by atoms with E-state index in [9.17, 15) is 4.79 Å². The summed E-state index contributed by atoms with van der Waals surface area (Å²) in [5, 5.41) is 6.86. The number of hydrogen-bond donors (Lipinski definition) is 2. The van der Waals surface area contributed by atoms with E-state index in [1.807, 2.05) is 12.1 Å². The molecule has 94 valence electrons. The van der Waals surface area contributed by atoms with Crippen molar-refractivity contribution in [2.24, 2.45) is 0 Å². The second-order valence-electron chi connectivity index (χ2n) is 3.96. The summed E-state index contributed by atoms with van der Waals surface area (Å²) in [6.07, 6.45) is 1.55. The minimum atomic E-state index is -0.384. The number of nitrogens with zero attached hydrogens (tertiary/aromatic N) is 3. The molecule has 1 unspecified atom stereocenters. The van der Waals surface area contributed by atoms with Crippen molar-refractivity contribution in [3.05, 3.63) is 30.6 Å². The third-order valence-electron chi connectivity index (χ3n) is 2.70. The predicted octanol–water partition coefficient (Wildman–Crippen LogP) is 0.834. The highest BCUT2D eigenvalue weighted by atomic mass is 16.2. The second-order valence-corrected chi connectivity index (χ2v) is 3.96. The van der Waals surface area contributed by atoms with Crippen molar-refractivity contribution in [2.75, 3.05) is 12.8 Å². The van der Waals surface area contributed by atoms with Crippen molar-refractivity contribution in [3.63, 3.8) is 0 Å². The molecule has 0 aliphatic heterocycles. The highest BCUT2D eigenvalue weighted by molar-refractivity contribution is 5.79. The lowest BCUT2D eigenvalue weighted by atomic mass is 10.2. The molecular weight excluding hydrogens is 230 g/mol. The van der Waals surface area contributed by atoms with E-state index >= 15 is 0 Å². The number of carbonyl (C=O) groups is 1. The predicted molar refractivity (Wildman–Crippen MR) is 68.6 cm³/mol. The molecular formula is C12H15N5O. The molecule has 0 saturated carbocycles. The maximum Gasteiger partial charge on any atom is 0.244 e. The van der Waals surface area contributed by atoms with Crippen molar-refractivity contribution in [1.82, 2.24) is 20.1 Å². The van der Waals surface area contributed by atoms with E-state index in [4.69, 9.17) is 5.73 Å². The Hall–Kier alpha value is -2.37. The van der Waals surface area contributed by atoms with Crippen LogP contribution >= 0.6 is 0 Å². The van der Waals surface area contributed by atoms with Crippen LogP contribution in [-0.2, 0) is 4.79 Å². The van der Waals surface area contributed by atoms with Gasteiger partial charge in [-0.3, -0.25) is 4.79 Å². The van der Waals surface area contributed by atoms with Crippen molar-refractivity contribution in [1.29, 1.82) is 0 Å². The van der Waals surface area contributed by atoms with E-state index < -0.39 is 0 Å². The Labute approximate surface area is 105 Å². The first-order valence-corrected chi connectivity index (χ1v) is 5.60. The largest absolute Gasteiger partial charge is 0.399 e. The van der Waals surface area contributed by atoms with Gasteiger partial charge in [0.2, 0.25) is 5.91 Å². The van der Waals surface area contributed by atoms with Gasteiger partial charge in [-0.05, 0) is 31.2 Å². The number of likely N-dealkylation sites (N-methyl/N-ethyl adjacent to an activating group) is 1. The van der Waals surface area contributed by atoms with Gasteiger partial charge in [0.05, 0.1) is 0 Å². The Kier molecular flexibility index (Phi) is 3.27. The number of nitrogens with two attached hydrogens (primary N) is 1. The van der Waals surface area contributed by atoms with Crippen LogP contribution in [0.5, 0.6) is 0 Å². The number of rotatable bonds is 3. The quantitative estimate of drug-likeness (QED) is 0.784. The number of nitrogens with one attached hydrogen (secondary N) is 1. The lowest BCUT2D eigenvalue weighted by Gasteiger charge is -2.08. The van der Waals surface area contributed by atoms with Crippen molar-refractivity contribution < 1.29 is 4.79 Å². The Morgan fingerprint density at radius 1 is 1.39 bits per heavy atom. The smallest absolute Gasteiger partial charge is 0.244 e. The van der Waals surface area contributed by atoms with Crippen LogP contribution in [0.1, 0.15) is 13.0 Å². The maximum atomic E-state index is 11.5. The highest BCUT2D eigenvalue weighted by Crippen LogP contribution is 2.17. The number of carbonyl (C=O) groups excluding carboxylic acids is 1.